The number of carbonyl (C=O) groups is 2. The van der Waals surface area contributed by atoms with Crippen LogP contribution in [0.3, 0.4) is 0 Å². The number of hydrazone groups is 1. The maximum absolute atomic E-state index is 13.1. The standard InChI is InChI=1S/C24H19N5O4/c30-17-12-10-15(11-13-17)14-25-28-24(33)21(26-22(31)16-6-2-1-3-7-16)20-18-8-4-5-9-19(18)23(32)29-27-20/h1-14,21,30H,(H,26,31)(H,28,33)(H,29,32)/t21-/m0/s1. The van der Waals surface area contributed by atoms with Crippen LogP contribution in [0.25, 0.3) is 10.8 Å². The van der Waals surface area contributed by atoms with Gasteiger partial charge in [-0.15, -0.1) is 0 Å². The number of amides is 2. The smallest absolute Gasteiger partial charge is 0.272 e. The van der Waals surface area contributed by atoms with Gasteiger partial charge in [0.2, 0.25) is 0 Å². The third kappa shape index (κ3) is 4.93. The Labute approximate surface area is 187 Å². The maximum Gasteiger partial charge on any atom is 0.272 e. The van der Waals surface area contributed by atoms with Gasteiger partial charge in [0, 0.05) is 10.9 Å². The van der Waals surface area contributed by atoms with Crippen LogP contribution in [0, 0.1) is 0 Å². The van der Waals surface area contributed by atoms with Crippen molar-refractivity contribution in [3.63, 3.8) is 0 Å². The van der Waals surface area contributed by atoms with E-state index in [0.717, 1.165) is 0 Å². The van der Waals surface area contributed by atoms with E-state index in [1.807, 2.05) is 0 Å². The van der Waals surface area contributed by atoms with E-state index >= 15 is 0 Å². The molecule has 0 aliphatic carbocycles. The molecule has 33 heavy (non-hydrogen) atoms. The second kappa shape index (κ2) is 9.56. The molecule has 4 N–H and O–H groups in total. The fourth-order valence-corrected chi connectivity index (χ4v) is 3.21. The summed E-state index contributed by atoms with van der Waals surface area (Å²) < 4.78 is 0. The summed E-state index contributed by atoms with van der Waals surface area (Å²) in [4.78, 5) is 38.1. The summed E-state index contributed by atoms with van der Waals surface area (Å²) in [5, 5.41) is 23.2. The Balaban J connectivity index is 1.66. The van der Waals surface area contributed by atoms with Crippen molar-refractivity contribution >= 4 is 28.8 Å². The zero-order valence-corrected chi connectivity index (χ0v) is 17.2. The number of benzene rings is 3. The molecule has 4 rings (SSSR count). The maximum atomic E-state index is 13.1. The molecule has 0 aliphatic heterocycles. The summed E-state index contributed by atoms with van der Waals surface area (Å²) in [7, 11) is 0. The van der Waals surface area contributed by atoms with Gasteiger partial charge in [0.05, 0.1) is 11.6 Å². The van der Waals surface area contributed by atoms with E-state index < -0.39 is 23.4 Å². The molecule has 0 unspecified atom stereocenters. The highest BCUT2D eigenvalue weighted by Crippen LogP contribution is 2.20. The number of nitrogens with one attached hydrogen (secondary N) is 3. The van der Waals surface area contributed by atoms with Gasteiger partial charge in [-0.3, -0.25) is 14.4 Å². The Morgan fingerprint density at radius 1 is 0.939 bits per heavy atom. The summed E-state index contributed by atoms with van der Waals surface area (Å²) in [5.74, 6) is -1.04. The number of rotatable bonds is 6. The number of fused-ring (bicyclic) bond motifs is 1. The van der Waals surface area contributed by atoms with Crippen molar-refractivity contribution in [2.75, 3.05) is 0 Å². The topological polar surface area (TPSA) is 137 Å². The summed E-state index contributed by atoms with van der Waals surface area (Å²) >= 11 is 0. The molecule has 0 saturated heterocycles. The molecule has 0 spiro atoms. The molecular formula is C24H19N5O4. The molecule has 1 heterocycles. The molecule has 164 valence electrons. The zero-order chi connectivity index (χ0) is 23.2. The lowest BCUT2D eigenvalue weighted by Crippen LogP contribution is -2.40. The van der Waals surface area contributed by atoms with E-state index in [9.17, 15) is 19.5 Å². The van der Waals surface area contributed by atoms with Gasteiger partial charge in [-0.25, -0.2) is 10.5 Å². The second-order valence-corrected chi connectivity index (χ2v) is 7.08. The SMILES string of the molecule is O=C(N[C@H](C(=O)NN=Cc1ccc(O)cc1)c1n[nH]c(=O)c2ccccc12)c1ccccc1. The summed E-state index contributed by atoms with van der Waals surface area (Å²) in [6, 6.07) is 20.1. The molecule has 0 aliphatic rings. The molecule has 1 atom stereocenters. The van der Waals surface area contributed by atoms with Crippen LogP contribution < -0.4 is 16.3 Å². The lowest BCUT2D eigenvalue weighted by Gasteiger charge is -2.18. The number of phenols is 1. The lowest BCUT2D eigenvalue weighted by atomic mass is 10.0. The fourth-order valence-electron chi connectivity index (χ4n) is 3.21. The molecule has 2 amide bonds. The van der Waals surface area contributed by atoms with Crippen LogP contribution in [0.2, 0.25) is 0 Å². The third-order valence-corrected chi connectivity index (χ3v) is 4.85. The first kappa shape index (κ1) is 21.4. The molecule has 9 nitrogen and oxygen atoms in total. The van der Waals surface area contributed by atoms with Gasteiger partial charge >= 0.3 is 0 Å². The molecular weight excluding hydrogens is 422 g/mol. The Hall–Kier alpha value is -4.79. The lowest BCUT2D eigenvalue weighted by molar-refractivity contribution is -0.123. The van der Waals surface area contributed by atoms with Crippen LogP contribution in [0.1, 0.15) is 27.7 Å². The Morgan fingerprint density at radius 3 is 2.33 bits per heavy atom. The number of phenolic OH excluding ortho intramolecular Hbond substituents is 1. The van der Waals surface area contributed by atoms with Gasteiger partial charge in [-0.1, -0.05) is 36.4 Å². The first-order chi connectivity index (χ1) is 16.0. The number of aromatic nitrogens is 2. The van der Waals surface area contributed by atoms with Crippen LogP contribution >= 0.6 is 0 Å². The van der Waals surface area contributed by atoms with Crippen LogP contribution in [0.5, 0.6) is 5.75 Å². The number of aromatic amines is 1. The van der Waals surface area contributed by atoms with Crippen LogP contribution in [-0.2, 0) is 4.79 Å². The van der Waals surface area contributed by atoms with Crippen molar-refractivity contribution < 1.29 is 14.7 Å². The first-order valence-electron chi connectivity index (χ1n) is 9.98. The van der Waals surface area contributed by atoms with Crippen molar-refractivity contribution in [2.24, 2.45) is 5.10 Å². The largest absolute Gasteiger partial charge is 0.508 e. The Bertz CT molecular complexity index is 1380. The van der Waals surface area contributed by atoms with Crippen molar-refractivity contribution in [2.45, 2.75) is 6.04 Å². The average molecular weight is 441 g/mol. The molecule has 1 aromatic heterocycles. The van der Waals surface area contributed by atoms with Crippen LogP contribution in [0.15, 0.2) is 88.8 Å². The van der Waals surface area contributed by atoms with Crippen molar-refractivity contribution in [3.05, 3.63) is 106 Å². The van der Waals surface area contributed by atoms with E-state index in [4.69, 9.17) is 0 Å². The van der Waals surface area contributed by atoms with Crippen LogP contribution in [0.4, 0.5) is 0 Å². The fraction of sp³-hybridized carbons (Fsp3) is 0.0417. The minimum absolute atomic E-state index is 0.107. The summed E-state index contributed by atoms with van der Waals surface area (Å²) in [5.41, 5.74) is 3.17. The molecule has 0 fully saturated rings. The second-order valence-electron chi connectivity index (χ2n) is 7.08. The van der Waals surface area contributed by atoms with Gasteiger partial charge in [0.25, 0.3) is 17.4 Å². The number of hydrogen-bond donors (Lipinski definition) is 4. The number of aromatic hydroxyl groups is 1. The van der Waals surface area contributed by atoms with E-state index in [1.165, 1.54) is 18.3 Å². The normalized spacial score (nSPS) is 11.9. The van der Waals surface area contributed by atoms with E-state index in [2.05, 4.69) is 26.0 Å². The van der Waals surface area contributed by atoms with E-state index in [-0.39, 0.29) is 11.4 Å². The number of H-pyrrole nitrogens is 1. The summed E-state index contributed by atoms with van der Waals surface area (Å²) in [6.45, 7) is 0. The highest BCUT2D eigenvalue weighted by atomic mass is 16.3. The third-order valence-electron chi connectivity index (χ3n) is 4.85. The minimum atomic E-state index is -1.24. The molecule has 9 heteroatoms. The van der Waals surface area contributed by atoms with Crippen molar-refractivity contribution in [1.82, 2.24) is 20.9 Å². The molecule has 0 bridgehead atoms. The monoisotopic (exact) mass is 441 g/mol. The van der Waals surface area contributed by atoms with Gasteiger partial charge in [0.1, 0.15) is 11.4 Å². The molecule has 0 saturated carbocycles. The van der Waals surface area contributed by atoms with E-state index in [1.54, 1.807) is 66.7 Å². The minimum Gasteiger partial charge on any atom is -0.508 e. The number of nitrogens with zero attached hydrogens (tertiary/aromatic N) is 2. The zero-order valence-electron chi connectivity index (χ0n) is 17.2. The highest BCUT2D eigenvalue weighted by Gasteiger charge is 2.27. The van der Waals surface area contributed by atoms with Gasteiger partial charge in [0.15, 0.2) is 6.04 Å². The highest BCUT2D eigenvalue weighted by molar-refractivity contribution is 5.99. The quantitative estimate of drug-likeness (QED) is 0.269. The predicted molar refractivity (Wildman–Crippen MR) is 123 cm³/mol. The van der Waals surface area contributed by atoms with Crippen molar-refractivity contribution in [3.8, 4) is 5.75 Å². The van der Waals surface area contributed by atoms with Crippen molar-refractivity contribution in [1.29, 1.82) is 0 Å². The van der Waals surface area contributed by atoms with E-state index in [0.29, 0.717) is 21.9 Å². The molecule has 0 radical (unpaired) electrons. The predicted octanol–water partition coefficient (Wildman–Crippen LogP) is 2.25. The Kier molecular flexibility index (Phi) is 6.21. The van der Waals surface area contributed by atoms with Crippen LogP contribution in [-0.4, -0.2) is 33.3 Å². The Morgan fingerprint density at radius 2 is 1.61 bits per heavy atom. The number of hydrogen-bond acceptors (Lipinski definition) is 6. The van der Waals surface area contributed by atoms with Gasteiger partial charge in [-0.2, -0.15) is 10.2 Å². The average Bonchev–Trinajstić information content (AvgIpc) is 2.85. The molecule has 4 aromatic rings. The van der Waals surface area contributed by atoms with Gasteiger partial charge < -0.3 is 10.4 Å². The van der Waals surface area contributed by atoms with Gasteiger partial charge in [-0.05, 0) is 48.0 Å². The number of carbonyl (C=O) groups excluding carboxylic acids is 2. The molecule has 3 aromatic carbocycles. The first-order valence-corrected chi connectivity index (χ1v) is 9.98. The summed E-state index contributed by atoms with van der Waals surface area (Å²) in [6.07, 6.45) is 1.39.